The second-order valence-electron chi connectivity index (χ2n) is 4.06. The van der Waals surface area contributed by atoms with E-state index in [1.54, 1.807) is 25.1 Å². The number of aromatic hydroxyl groups is 1. The maximum absolute atomic E-state index is 11.2. The van der Waals surface area contributed by atoms with Gasteiger partial charge in [-0.2, -0.15) is 0 Å². The number of aromatic nitrogens is 1. The molecule has 0 aliphatic carbocycles. The predicted molar refractivity (Wildman–Crippen MR) is 69.6 cm³/mol. The number of pyridine rings is 1. The van der Waals surface area contributed by atoms with Crippen LogP contribution in [0.1, 0.15) is 16.1 Å². The lowest BCUT2D eigenvalue weighted by Crippen LogP contribution is -2.01. The number of hydrogen-bond acceptors (Lipinski definition) is 4. The molecule has 0 saturated heterocycles. The summed E-state index contributed by atoms with van der Waals surface area (Å²) in [5.41, 5.74) is 1.91. The lowest BCUT2D eigenvalue weighted by Gasteiger charge is -2.09. The molecule has 0 amide bonds. The van der Waals surface area contributed by atoms with E-state index in [4.69, 9.17) is 9.84 Å². The summed E-state index contributed by atoms with van der Waals surface area (Å²) in [6.07, 6.45) is 1.31. The molecule has 0 saturated carbocycles. The molecule has 0 bridgehead atoms. The summed E-state index contributed by atoms with van der Waals surface area (Å²) < 4.78 is 4.96. The van der Waals surface area contributed by atoms with Crippen molar-refractivity contribution in [3.8, 4) is 22.6 Å². The third-order valence-electron chi connectivity index (χ3n) is 2.76. The normalized spacial score (nSPS) is 10.2. The first-order valence-electron chi connectivity index (χ1n) is 5.60. The van der Waals surface area contributed by atoms with Crippen molar-refractivity contribution in [3.05, 3.63) is 41.7 Å². The number of rotatable bonds is 3. The molecule has 19 heavy (non-hydrogen) atoms. The first kappa shape index (κ1) is 12.9. The number of hydrogen-bond donors (Lipinski definition) is 2. The highest BCUT2D eigenvalue weighted by molar-refractivity contribution is 5.95. The van der Waals surface area contributed by atoms with Crippen LogP contribution in [0.25, 0.3) is 11.1 Å². The zero-order chi connectivity index (χ0) is 14.0. The van der Waals surface area contributed by atoms with Crippen molar-refractivity contribution in [2.75, 3.05) is 7.11 Å². The van der Waals surface area contributed by atoms with Crippen molar-refractivity contribution >= 4 is 5.97 Å². The van der Waals surface area contributed by atoms with Crippen LogP contribution in [0.3, 0.4) is 0 Å². The second-order valence-corrected chi connectivity index (χ2v) is 4.06. The molecule has 5 nitrogen and oxygen atoms in total. The molecule has 1 aromatic carbocycles. The van der Waals surface area contributed by atoms with Gasteiger partial charge in [0.05, 0.1) is 12.7 Å². The first-order valence-corrected chi connectivity index (χ1v) is 5.60. The molecular formula is C14H13NO4. The van der Waals surface area contributed by atoms with Gasteiger partial charge in [0.1, 0.15) is 0 Å². The maximum atomic E-state index is 11.2. The number of aromatic carboxylic acids is 1. The van der Waals surface area contributed by atoms with Crippen LogP contribution in [0.4, 0.5) is 0 Å². The van der Waals surface area contributed by atoms with Crippen LogP contribution in [-0.2, 0) is 0 Å². The maximum Gasteiger partial charge on any atom is 0.337 e. The highest BCUT2D eigenvalue weighted by atomic mass is 16.5. The summed E-state index contributed by atoms with van der Waals surface area (Å²) >= 11 is 0. The summed E-state index contributed by atoms with van der Waals surface area (Å²) in [6.45, 7) is 1.78. The summed E-state index contributed by atoms with van der Waals surface area (Å²) in [5.74, 6) is -0.755. The molecule has 0 aliphatic rings. The molecule has 0 fully saturated rings. The number of nitrogens with zero attached hydrogens (tertiary/aromatic N) is 1. The van der Waals surface area contributed by atoms with Gasteiger partial charge in [-0.3, -0.25) is 4.98 Å². The fourth-order valence-corrected chi connectivity index (χ4v) is 1.83. The van der Waals surface area contributed by atoms with Crippen LogP contribution >= 0.6 is 0 Å². The van der Waals surface area contributed by atoms with Gasteiger partial charge < -0.3 is 14.9 Å². The Bertz CT molecular complexity index is 637. The quantitative estimate of drug-likeness (QED) is 0.885. The van der Waals surface area contributed by atoms with Gasteiger partial charge in [-0.25, -0.2) is 4.79 Å². The molecule has 2 N–H and O–H groups in total. The zero-order valence-corrected chi connectivity index (χ0v) is 10.5. The van der Waals surface area contributed by atoms with Crippen molar-refractivity contribution < 1.29 is 19.7 Å². The number of phenols is 1. The van der Waals surface area contributed by atoms with Gasteiger partial charge in [-0.1, -0.05) is 6.07 Å². The van der Waals surface area contributed by atoms with E-state index in [1.807, 2.05) is 0 Å². The summed E-state index contributed by atoms with van der Waals surface area (Å²) in [7, 11) is 1.45. The summed E-state index contributed by atoms with van der Waals surface area (Å²) in [4.78, 5) is 15.2. The molecule has 2 rings (SSSR count). The number of carboxylic acids is 1. The molecule has 1 aromatic heterocycles. The van der Waals surface area contributed by atoms with Crippen molar-refractivity contribution in [1.82, 2.24) is 4.98 Å². The Hall–Kier alpha value is -2.56. The van der Waals surface area contributed by atoms with Gasteiger partial charge >= 0.3 is 5.97 Å². The topological polar surface area (TPSA) is 79.7 Å². The van der Waals surface area contributed by atoms with Gasteiger partial charge in [0, 0.05) is 11.9 Å². The van der Waals surface area contributed by atoms with Gasteiger partial charge in [-0.05, 0) is 36.2 Å². The molecule has 98 valence electrons. The van der Waals surface area contributed by atoms with Gasteiger partial charge in [0.2, 0.25) is 0 Å². The molecule has 0 radical (unpaired) electrons. The minimum atomic E-state index is -1.06. The predicted octanol–water partition coefficient (Wildman–Crippen LogP) is 2.47. The lowest BCUT2D eigenvalue weighted by atomic mass is 10.0. The Labute approximate surface area is 110 Å². The fraction of sp³-hybridized carbons (Fsp3) is 0.143. The average Bonchev–Trinajstić information content (AvgIpc) is 2.38. The van der Waals surface area contributed by atoms with E-state index < -0.39 is 5.97 Å². The number of benzene rings is 1. The Morgan fingerprint density at radius 2 is 2.05 bits per heavy atom. The number of aryl methyl sites for hydroxylation is 1. The number of phenolic OH excluding ortho intramolecular Hbond substituents is 1. The van der Waals surface area contributed by atoms with Crippen LogP contribution < -0.4 is 4.74 Å². The Morgan fingerprint density at radius 3 is 2.63 bits per heavy atom. The smallest absolute Gasteiger partial charge is 0.337 e. The van der Waals surface area contributed by atoms with Gasteiger partial charge in [0.25, 0.3) is 0 Å². The third-order valence-corrected chi connectivity index (χ3v) is 2.76. The monoisotopic (exact) mass is 259 g/mol. The largest absolute Gasteiger partial charge is 0.504 e. The van der Waals surface area contributed by atoms with Crippen molar-refractivity contribution in [2.24, 2.45) is 0 Å². The standard InChI is InChI=1S/C14H13NO4/c1-8-5-10(11(7-15-8)14(17)18)9-3-4-13(19-2)12(16)6-9/h3-7,16H,1-2H3,(H,17,18). The van der Waals surface area contributed by atoms with E-state index in [0.717, 1.165) is 0 Å². The molecule has 0 spiro atoms. The Morgan fingerprint density at radius 1 is 1.32 bits per heavy atom. The fourth-order valence-electron chi connectivity index (χ4n) is 1.83. The molecule has 0 aliphatic heterocycles. The minimum Gasteiger partial charge on any atom is -0.504 e. The van der Waals surface area contributed by atoms with Gasteiger partial charge in [0.15, 0.2) is 11.5 Å². The van der Waals surface area contributed by atoms with Gasteiger partial charge in [-0.15, -0.1) is 0 Å². The Balaban J connectivity index is 2.61. The number of ether oxygens (including phenoxy) is 1. The van der Waals surface area contributed by atoms with Crippen LogP contribution in [0, 0.1) is 6.92 Å². The van der Waals surface area contributed by atoms with E-state index in [1.165, 1.54) is 19.4 Å². The average molecular weight is 259 g/mol. The third kappa shape index (κ3) is 2.49. The highest BCUT2D eigenvalue weighted by Gasteiger charge is 2.14. The van der Waals surface area contributed by atoms with E-state index in [-0.39, 0.29) is 11.3 Å². The number of methoxy groups -OCH3 is 1. The SMILES string of the molecule is COc1ccc(-c2cc(C)ncc2C(=O)O)cc1O. The van der Waals surface area contributed by atoms with E-state index in [9.17, 15) is 9.90 Å². The number of carboxylic acid groups (broad SMARTS) is 1. The molecule has 2 aromatic rings. The van der Waals surface area contributed by atoms with Crippen LogP contribution in [0.5, 0.6) is 11.5 Å². The second kappa shape index (κ2) is 4.97. The molecule has 0 atom stereocenters. The summed E-state index contributed by atoms with van der Waals surface area (Å²) in [5, 5.41) is 18.9. The minimum absolute atomic E-state index is 0.0363. The van der Waals surface area contributed by atoms with E-state index in [0.29, 0.717) is 22.6 Å². The van der Waals surface area contributed by atoms with Crippen molar-refractivity contribution in [1.29, 1.82) is 0 Å². The zero-order valence-electron chi connectivity index (χ0n) is 10.5. The van der Waals surface area contributed by atoms with Crippen LogP contribution in [0.2, 0.25) is 0 Å². The van der Waals surface area contributed by atoms with Crippen LogP contribution in [0.15, 0.2) is 30.5 Å². The van der Waals surface area contributed by atoms with Crippen molar-refractivity contribution in [3.63, 3.8) is 0 Å². The summed E-state index contributed by atoms with van der Waals surface area (Å²) in [6, 6.07) is 6.43. The van der Waals surface area contributed by atoms with Crippen LogP contribution in [-0.4, -0.2) is 28.3 Å². The van der Waals surface area contributed by atoms with E-state index in [2.05, 4.69) is 4.98 Å². The molecule has 5 heteroatoms. The lowest BCUT2D eigenvalue weighted by molar-refractivity contribution is 0.0697. The first-order chi connectivity index (χ1) is 9.02. The molecule has 1 heterocycles. The van der Waals surface area contributed by atoms with Crippen molar-refractivity contribution in [2.45, 2.75) is 6.92 Å². The highest BCUT2D eigenvalue weighted by Crippen LogP contribution is 2.32. The van der Waals surface area contributed by atoms with E-state index >= 15 is 0 Å². The molecule has 0 unspecified atom stereocenters. The Kier molecular flexibility index (Phi) is 3.37. The molecular weight excluding hydrogens is 246 g/mol. The number of carbonyl (C=O) groups is 1.